The number of aromatic nitrogens is 1. The van der Waals surface area contributed by atoms with Gasteiger partial charge < -0.3 is 22.9 Å². The van der Waals surface area contributed by atoms with Crippen LogP contribution in [0.1, 0.15) is 0 Å². The molecule has 0 unspecified atom stereocenters. The van der Waals surface area contributed by atoms with Gasteiger partial charge in [-0.1, -0.05) is 54.6 Å². The molecule has 10 rings (SSSR count). The molecule has 0 N–H and O–H groups in total. The standard InChI is InChI=1S/C44H25NO6/c46-42-30-14-7-8-17-39(30)50-40-25-41-35(24-34(40)42)43(47)31-15-9-16-38(44(31)51-41)45-36-20-18-28(48-26-10-3-1-4-11-26)22-32(36)33-23-29(19-21-37(33)45)49-27-12-5-2-6-13-27/h1-25H. The molecule has 0 amide bonds. The molecule has 0 aliphatic carbocycles. The van der Waals surface area contributed by atoms with Crippen molar-refractivity contribution < 1.29 is 18.3 Å². The first-order valence-electron chi connectivity index (χ1n) is 16.5. The number of ether oxygens (including phenoxy) is 2. The lowest BCUT2D eigenvalue weighted by Crippen LogP contribution is -2.07. The number of rotatable bonds is 5. The zero-order valence-corrected chi connectivity index (χ0v) is 26.8. The first-order chi connectivity index (χ1) is 25.1. The highest BCUT2D eigenvalue weighted by Gasteiger charge is 2.20. The molecule has 242 valence electrons. The number of benzene rings is 7. The van der Waals surface area contributed by atoms with Gasteiger partial charge in [0.05, 0.1) is 38.3 Å². The van der Waals surface area contributed by atoms with Gasteiger partial charge in [-0.15, -0.1) is 0 Å². The Balaban J connectivity index is 1.22. The smallest absolute Gasteiger partial charge is 0.200 e. The van der Waals surface area contributed by atoms with Crippen LogP contribution >= 0.6 is 0 Å². The molecule has 51 heavy (non-hydrogen) atoms. The Labute approximate surface area is 288 Å². The van der Waals surface area contributed by atoms with Gasteiger partial charge in [-0.2, -0.15) is 0 Å². The van der Waals surface area contributed by atoms with E-state index in [1.54, 1.807) is 36.4 Å². The van der Waals surface area contributed by atoms with Crippen LogP contribution in [0.2, 0.25) is 0 Å². The average molecular weight is 664 g/mol. The zero-order valence-electron chi connectivity index (χ0n) is 26.8. The second-order valence-corrected chi connectivity index (χ2v) is 12.4. The Morgan fingerprint density at radius 3 is 1.59 bits per heavy atom. The SMILES string of the molecule is O=c1c2ccccc2oc2cc3oc4c(-n5c6ccc(Oc7ccccc7)cc6c6cc(Oc7ccccc7)ccc65)cccc4c(=O)c3cc12. The molecule has 0 bridgehead atoms. The lowest BCUT2D eigenvalue weighted by Gasteiger charge is -2.12. The van der Waals surface area contributed by atoms with E-state index < -0.39 is 0 Å². The van der Waals surface area contributed by atoms with Crippen molar-refractivity contribution in [2.75, 3.05) is 0 Å². The van der Waals surface area contributed by atoms with E-state index in [0.717, 1.165) is 33.3 Å². The summed E-state index contributed by atoms with van der Waals surface area (Å²) in [5.41, 5.74) is 3.56. The number of fused-ring (bicyclic) bond motifs is 7. The summed E-state index contributed by atoms with van der Waals surface area (Å²) in [5.74, 6) is 2.82. The van der Waals surface area contributed by atoms with Crippen molar-refractivity contribution in [2.24, 2.45) is 0 Å². The van der Waals surface area contributed by atoms with Gasteiger partial charge in [0.1, 0.15) is 39.7 Å². The fraction of sp³-hybridized carbons (Fsp3) is 0. The highest BCUT2D eigenvalue weighted by molar-refractivity contribution is 6.11. The Hall–Kier alpha value is -7.12. The maximum Gasteiger partial charge on any atom is 0.200 e. The molecule has 0 aliphatic heterocycles. The van der Waals surface area contributed by atoms with Crippen molar-refractivity contribution in [3.8, 4) is 28.7 Å². The van der Waals surface area contributed by atoms with Gasteiger partial charge in [0.2, 0.25) is 10.9 Å². The maximum absolute atomic E-state index is 14.2. The zero-order chi connectivity index (χ0) is 34.1. The third-order valence-corrected chi connectivity index (χ3v) is 9.28. The van der Waals surface area contributed by atoms with Crippen LogP contribution in [-0.2, 0) is 0 Å². The van der Waals surface area contributed by atoms with Crippen LogP contribution in [-0.4, -0.2) is 4.57 Å². The van der Waals surface area contributed by atoms with Gasteiger partial charge in [-0.3, -0.25) is 9.59 Å². The largest absolute Gasteiger partial charge is 0.457 e. The predicted octanol–water partition coefficient (Wildman–Crippen LogP) is 10.9. The second-order valence-electron chi connectivity index (χ2n) is 12.4. The number of hydrogen-bond donors (Lipinski definition) is 0. The summed E-state index contributed by atoms with van der Waals surface area (Å²) >= 11 is 0. The molecule has 10 aromatic rings. The summed E-state index contributed by atoms with van der Waals surface area (Å²) in [6, 6.07) is 47.1. The summed E-state index contributed by atoms with van der Waals surface area (Å²) in [7, 11) is 0. The molecule has 0 atom stereocenters. The monoisotopic (exact) mass is 663 g/mol. The van der Waals surface area contributed by atoms with Crippen molar-refractivity contribution in [3.63, 3.8) is 0 Å². The van der Waals surface area contributed by atoms with Gasteiger partial charge >= 0.3 is 0 Å². The van der Waals surface area contributed by atoms with E-state index in [-0.39, 0.29) is 10.9 Å². The third kappa shape index (κ3) is 4.67. The van der Waals surface area contributed by atoms with Gasteiger partial charge in [0, 0.05) is 16.8 Å². The molecule has 0 saturated heterocycles. The van der Waals surface area contributed by atoms with E-state index in [9.17, 15) is 9.59 Å². The first kappa shape index (κ1) is 28.9. The van der Waals surface area contributed by atoms with Crippen molar-refractivity contribution in [1.29, 1.82) is 0 Å². The molecule has 0 fully saturated rings. The van der Waals surface area contributed by atoms with Crippen LogP contribution in [0.5, 0.6) is 23.0 Å². The lowest BCUT2D eigenvalue weighted by molar-refractivity contribution is 0.483. The average Bonchev–Trinajstić information content (AvgIpc) is 3.48. The molecule has 0 spiro atoms. The quantitative estimate of drug-likeness (QED) is 0.170. The predicted molar refractivity (Wildman–Crippen MR) is 201 cm³/mol. The molecule has 0 radical (unpaired) electrons. The molecule has 0 aliphatic rings. The van der Waals surface area contributed by atoms with Crippen LogP contribution < -0.4 is 20.3 Å². The van der Waals surface area contributed by atoms with E-state index >= 15 is 0 Å². The minimum absolute atomic E-state index is 0.196. The second kappa shape index (κ2) is 11.2. The molecule has 7 heteroatoms. The molecule has 7 aromatic carbocycles. The van der Waals surface area contributed by atoms with Gasteiger partial charge in [0.25, 0.3) is 0 Å². The summed E-state index contributed by atoms with van der Waals surface area (Å²) in [4.78, 5) is 27.6. The third-order valence-electron chi connectivity index (χ3n) is 9.28. The van der Waals surface area contributed by atoms with Gasteiger partial charge in [-0.05, 0) is 91.0 Å². The molecule has 3 heterocycles. The van der Waals surface area contributed by atoms with Crippen LogP contribution in [0.15, 0.2) is 170 Å². The number of hydrogen-bond acceptors (Lipinski definition) is 6. The highest BCUT2D eigenvalue weighted by atomic mass is 16.5. The van der Waals surface area contributed by atoms with E-state index in [2.05, 4.69) is 4.57 Å². The van der Waals surface area contributed by atoms with Gasteiger partial charge in [-0.25, -0.2) is 0 Å². The fourth-order valence-corrected chi connectivity index (χ4v) is 6.95. The van der Waals surface area contributed by atoms with Crippen LogP contribution in [0.4, 0.5) is 0 Å². The normalized spacial score (nSPS) is 11.7. The van der Waals surface area contributed by atoms with Crippen molar-refractivity contribution in [2.45, 2.75) is 0 Å². The van der Waals surface area contributed by atoms with E-state index in [1.807, 2.05) is 115 Å². The van der Waals surface area contributed by atoms with Crippen molar-refractivity contribution >= 4 is 65.7 Å². The molecular formula is C44H25NO6. The highest BCUT2D eigenvalue weighted by Crippen LogP contribution is 2.39. The maximum atomic E-state index is 14.2. The minimum Gasteiger partial charge on any atom is -0.457 e. The molecular weight excluding hydrogens is 638 g/mol. The Kier molecular flexibility index (Phi) is 6.35. The Morgan fingerprint density at radius 2 is 0.941 bits per heavy atom. The lowest BCUT2D eigenvalue weighted by atomic mass is 10.1. The van der Waals surface area contributed by atoms with Crippen molar-refractivity contribution in [1.82, 2.24) is 4.57 Å². The number of nitrogens with zero attached hydrogens (tertiary/aromatic N) is 1. The number of para-hydroxylation sites is 4. The summed E-state index contributed by atoms with van der Waals surface area (Å²) in [6.45, 7) is 0. The van der Waals surface area contributed by atoms with E-state index in [1.165, 1.54) is 0 Å². The van der Waals surface area contributed by atoms with E-state index in [0.29, 0.717) is 61.1 Å². The first-order valence-corrected chi connectivity index (χ1v) is 16.5. The summed E-state index contributed by atoms with van der Waals surface area (Å²) in [6.07, 6.45) is 0. The molecule has 3 aromatic heterocycles. The van der Waals surface area contributed by atoms with E-state index in [4.69, 9.17) is 18.3 Å². The fourth-order valence-electron chi connectivity index (χ4n) is 6.95. The molecule has 7 nitrogen and oxygen atoms in total. The van der Waals surface area contributed by atoms with Crippen LogP contribution in [0, 0.1) is 0 Å². The van der Waals surface area contributed by atoms with Crippen molar-refractivity contribution in [3.05, 3.63) is 172 Å². The Bertz CT molecular complexity index is 3020. The van der Waals surface area contributed by atoms with Gasteiger partial charge in [0.15, 0.2) is 5.58 Å². The van der Waals surface area contributed by atoms with Crippen LogP contribution in [0.25, 0.3) is 71.4 Å². The molecule has 0 saturated carbocycles. The summed E-state index contributed by atoms with van der Waals surface area (Å²) in [5, 5.41) is 3.34. The Morgan fingerprint density at radius 1 is 0.392 bits per heavy atom. The summed E-state index contributed by atoms with van der Waals surface area (Å²) < 4.78 is 27.3. The topological polar surface area (TPSA) is 83.8 Å². The van der Waals surface area contributed by atoms with Crippen LogP contribution in [0.3, 0.4) is 0 Å². The minimum atomic E-state index is -0.236.